The van der Waals surface area contributed by atoms with Crippen molar-refractivity contribution in [3.8, 4) is 5.69 Å². The van der Waals surface area contributed by atoms with Crippen molar-refractivity contribution in [1.29, 1.82) is 0 Å². The van der Waals surface area contributed by atoms with E-state index in [0.717, 1.165) is 30.2 Å². The first kappa shape index (κ1) is 13.5. The van der Waals surface area contributed by atoms with Gasteiger partial charge in [-0.15, -0.1) is 0 Å². The molecule has 0 aliphatic heterocycles. The number of nitrogens with zero attached hydrogens (tertiary/aromatic N) is 4. The lowest BCUT2D eigenvalue weighted by atomic mass is 10.3. The second kappa shape index (κ2) is 5.88. The largest absolute Gasteiger partial charge is 0.348 e. The molecule has 21 heavy (non-hydrogen) atoms. The SMILES string of the molecule is CN(Cc1cnn(-c2cccc(F)c2)c1)Cc1ncc[nH]1. The van der Waals surface area contributed by atoms with Crippen LogP contribution in [0.2, 0.25) is 0 Å². The number of rotatable bonds is 5. The van der Waals surface area contributed by atoms with Crippen LogP contribution < -0.4 is 0 Å². The highest BCUT2D eigenvalue weighted by Crippen LogP contribution is 2.11. The van der Waals surface area contributed by atoms with Gasteiger partial charge in [0.2, 0.25) is 0 Å². The molecule has 3 aromatic rings. The number of nitrogens with one attached hydrogen (secondary N) is 1. The van der Waals surface area contributed by atoms with Gasteiger partial charge in [0.05, 0.1) is 18.4 Å². The van der Waals surface area contributed by atoms with Crippen molar-refractivity contribution in [3.05, 3.63) is 66.3 Å². The Balaban J connectivity index is 1.67. The summed E-state index contributed by atoms with van der Waals surface area (Å²) in [6, 6.07) is 6.38. The van der Waals surface area contributed by atoms with Crippen LogP contribution >= 0.6 is 0 Å². The van der Waals surface area contributed by atoms with E-state index in [1.807, 2.05) is 25.5 Å². The molecule has 1 N–H and O–H groups in total. The molecular weight excluding hydrogens is 269 g/mol. The van der Waals surface area contributed by atoms with Gasteiger partial charge >= 0.3 is 0 Å². The fourth-order valence-corrected chi connectivity index (χ4v) is 2.21. The zero-order valence-corrected chi connectivity index (χ0v) is 11.7. The van der Waals surface area contributed by atoms with Gasteiger partial charge in [-0.05, 0) is 25.2 Å². The fourth-order valence-electron chi connectivity index (χ4n) is 2.21. The first-order chi connectivity index (χ1) is 10.2. The van der Waals surface area contributed by atoms with Crippen molar-refractivity contribution in [1.82, 2.24) is 24.6 Å². The number of H-pyrrole nitrogens is 1. The summed E-state index contributed by atoms with van der Waals surface area (Å²) >= 11 is 0. The number of benzene rings is 1. The summed E-state index contributed by atoms with van der Waals surface area (Å²) < 4.78 is 14.9. The molecule has 3 rings (SSSR count). The van der Waals surface area contributed by atoms with Crippen LogP contribution in [0, 0.1) is 5.82 Å². The Morgan fingerprint density at radius 1 is 1.33 bits per heavy atom. The molecule has 6 heteroatoms. The average Bonchev–Trinajstić information content (AvgIpc) is 3.10. The predicted octanol–water partition coefficient (Wildman–Crippen LogP) is 2.37. The summed E-state index contributed by atoms with van der Waals surface area (Å²) in [6.45, 7) is 1.48. The number of aromatic amines is 1. The van der Waals surface area contributed by atoms with Gasteiger partial charge in [-0.25, -0.2) is 14.1 Å². The zero-order chi connectivity index (χ0) is 14.7. The molecule has 0 spiro atoms. The van der Waals surface area contributed by atoms with Crippen molar-refractivity contribution in [2.75, 3.05) is 7.05 Å². The van der Waals surface area contributed by atoms with E-state index in [1.165, 1.54) is 12.1 Å². The van der Waals surface area contributed by atoms with Gasteiger partial charge in [0, 0.05) is 30.7 Å². The van der Waals surface area contributed by atoms with Crippen LogP contribution in [-0.4, -0.2) is 31.7 Å². The lowest BCUT2D eigenvalue weighted by molar-refractivity contribution is 0.311. The molecule has 0 atom stereocenters. The number of hydrogen-bond donors (Lipinski definition) is 1. The summed E-state index contributed by atoms with van der Waals surface area (Å²) in [7, 11) is 2.02. The minimum absolute atomic E-state index is 0.264. The Morgan fingerprint density at radius 2 is 2.24 bits per heavy atom. The second-order valence-corrected chi connectivity index (χ2v) is 4.98. The monoisotopic (exact) mass is 285 g/mol. The van der Waals surface area contributed by atoms with E-state index in [2.05, 4.69) is 20.0 Å². The molecule has 0 saturated heterocycles. The standard InChI is InChI=1S/C15H16FN5/c1-20(11-15-17-5-6-18-15)9-12-8-19-21(10-12)14-4-2-3-13(16)7-14/h2-8,10H,9,11H2,1H3,(H,17,18). The summed E-state index contributed by atoms with van der Waals surface area (Å²) in [5.74, 6) is 0.662. The van der Waals surface area contributed by atoms with E-state index in [9.17, 15) is 4.39 Å². The minimum atomic E-state index is -0.264. The van der Waals surface area contributed by atoms with Crippen LogP contribution in [0.3, 0.4) is 0 Å². The minimum Gasteiger partial charge on any atom is -0.348 e. The molecule has 0 aliphatic carbocycles. The number of aromatic nitrogens is 4. The second-order valence-electron chi connectivity index (χ2n) is 4.98. The van der Waals surface area contributed by atoms with Crippen molar-refractivity contribution in [2.45, 2.75) is 13.1 Å². The van der Waals surface area contributed by atoms with Crippen molar-refractivity contribution in [3.63, 3.8) is 0 Å². The predicted molar refractivity (Wildman–Crippen MR) is 77.3 cm³/mol. The molecular formula is C15H16FN5. The van der Waals surface area contributed by atoms with E-state index in [-0.39, 0.29) is 5.82 Å². The fraction of sp³-hybridized carbons (Fsp3) is 0.200. The maximum Gasteiger partial charge on any atom is 0.125 e. The Morgan fingerprint density at radius 3 is 3.00 bits per heavy atom. The summed E-state index contributed by atoms with van der Waals surface area (Å²) in [4.78, 5) is 9.41. The third-order valence-electron chi connectivity index (χ3n) is 3.14. The first-order valence-corrected chi connectivity index (χ1v) is 6.67. The van der Waals surface area contributed by atoms with Crippen LogP contribution in [0.1, 0.15) is 11.4 Å². The van der Waals surface area contributed by atoms with E-state index >= 15 is 0 Å². The molecule has 0 unspecified atom stereocenters. The van der Waals surface area contributed by atoms with Crippen LogP contribution in [0.15, 0.2) is 49.1 Å². The zero-order valence-electron chi connectivity index (χ0n) is 11.7. The maximum atomic E-state index is 13.2. The number of hydrogen-bond acceptors (Lipinski definition) is 3. The molecule has 0 amide bonds. The number of imidazole rings is 1. The lowest BCUT2D eigenvalue weighted by Gasteiger charge is -2.13. The first-order valence-electron chi connectivity index (χ1n) is 6.67. The highest BCUT2D eigenvalue weighted by Gasteiger charge is 2.06. The molecule has 2 aromatic heterocycles. The molecule has 0 aliphatic rings. The summed E-state index contributed by atoms with van der Waals surface area (Å²) in [6.07, 6.45) is 7.26. The molecule has 2 heterocycles. The van der Waals surface area contributed by atoms with Crippen LogP contribution in [0.4, 0.5) is 4.39 Å². The van der Waals surface area contributed by atoms with Gasteiger partial charge in [-0.1, -0.05) is 6.07 Å². The van der Waals surface area contributed by atoms with Gasteiger partial charge in [-0.2, -0.15) is 5.10 Å². The van der Waals surface area contributed by atoms with E-state index in [1.54, 1.807) is 23.1 Å². The van der Waals surface area contributed by atoms with Gasteiger partial charge in [0.25, 0.3) is 0 Å². The molecule has 108 valence electrons. The van der Waals surface area contributed by atoms with Crippen molar-refractivity contribution >= 4 is 0 Å². The molecule has 0 radical (unpaired) electrons. The highest BCUT2D eigenvalue weighted by atomic mass is 19.1. The van der Waals surface area contributed by atoms with E-state index < -0.39 is 0 Å². The van der Waals surface area contributed by atoms with Gasteiger partial charge in [-0.3, -0.25) is 4.90 Å². The third kappa shape index (κ3) is 3.35. The molecule has 1 aromatic carbocycles. The third-order valence-corrected chi connectivity index (χ3v) is 3.14. The molecule has 0 saturated carbocycles. The summed E-state index contributed by atoms with van der Waals surface area (Å²) in [5, 5.41) is 4.28. The van der Waals surface area contributed by atoms with E-state index in [0.29, 0.717) is 0 Å². The lowest BCUT2D eigenvalue weighted by Crippen LogP contribution is -2.17. The Labute approximate surface area is 122 Å². The van der Waals surface area contributed by atoms with E-state index in [4.69, 9.17) is 0 Å². The number of halogens is 1. The van der Waals surface area contributed by atoms with Gasteiger partial charge in [0.15, 0.2) is 0 Å². The summed E-state index contributed by atoms with van der Waals surface area (Å²) in [5.41, 5.74) is 1.78. The maximum absolute atomic E-state index is 13.2. The van der Waals surface area contributed by atoms with Crippen molar-refractivity contribution in [2.24, 2.45) is 0 Å². The molecule has 0 fully saturated rings. The molecule has 0 bridgehead atoms. The Bertz CT molecular complexity index is 704. The van der Waals surface area contributed by atoms with Gasteiger partial charge in [0.1, 0.15) is 11.6 Å². The average molecular weight is 285 g/mol. The van der Waals surface area contributed by atoms with Crippen LogP contribution in [0.5, 0.6) is 0 Å². The van der Waals surface area contributed by atoms with Crippen LogP contribution in [-0.2, 0) is 13.1 Å². The van der Waals surface area contributed by atoms with Crippen molar-refractivity contribution < 1.29 is 4.39 Å². The highest BCUT2D eigenvalue weighted by molar-refractivity contribution is 5.31. The molecule has 5 nitrogen and oxygen atoms in total. The topological polar surface area (TPSA) is 49.7 Å². The van der Waals surface area contributed by atoms with Crippen LogP contribution in [0.25, 0.3) is 5.69 Å². The normalized spacial score (nSPS) is 11.2. The quantitative estimate of drug-likeness (QED) is 0.783. The Kier molecular flexibility index (Phi) is 3.79. The smallest absolute Gasteiger partial charge is 0.125 e. The van der Waals surface area contributed by atoms with Gasteiger partial charge < -0.3 is 4.98 Å². The Hall–Kier alpha value is -2.47.